The summed E-state index contributed by atoms with van der Waals surface area (Å²) in [4.78, 5) is 4.87. The Morgan fingerprint density at radius 2 is 1.26 bits per heavy atom. The van der Waals surface area contributed by atoms with Crippen LogP contribution in [0, 0.1) is 34.6 Å². The van der Waals surface area contributed by atoms with E-state index >= 15 is 0 Å². The van der Waals surface area contributed by atoms with E-state index in [2.05, 4.69) is 107 Å². The molecule has 2 aromatic heterocycles. The number of hydrogen-bond acceptors (Lipinski definition) is 1. The van der Waals surface area contributed by atoms with E-state index in [4.69, 9.17) is 4.98 Å². The second-order valence-electron chi connectivity index (χ2n) is 10.2. The van der Waals surface area contributed by atoms with Gasteiger partial charge in [0.25, 0.3) is 0 Å². The highest BCUT2D eigenvalue weighted by Crippen LogP contribution is 2.28. The van der Waals surface area contributed by atoms with Gasteiger partial charge < -0.3 is 4.57 Å². The lowest BCUT2D eigenvalue weighted by Crippen LogP contribution is -2.51. The van der Waals surface area contributed by atoms with Crippen molar-refractivity contribution >= 4 is 47.2 Å². The second-order valence-corrected chi connectivity index (χ2v) is 10.2. The molecule has 0 spiro atoms. The van der Waals surface area contributed by atoms with Gasteiger partial charge >= 0.3 is 0 Å². The number of pyridine rings is 1. The van der Waals surface area contributed by atoms with Crippen molar-refractivity contribution in [3.8, 4) is 16.9 Å². The molecule has 5 aromatic rings. The Hall–Kier alpha value is -3.85. The Kier molecular flexibility index (Phi) is 12.8. The number of nitrogens with zero attached hydrogens (tertiary/aromatic N) is 2. The summed E-state index contributed by atoms with van der Waals surface area (Å²) in [6.45, 7) is 35.9. The highest BCUT2D eigenvalue weighted by Gasteiger charge is 2.37. The van der Waals surface area contributed by atoms with Crippen molar-refractivity contribution in [2.75, 3.05) is 0 Å². The molecule has 3 heteroatoms. The summed E-state index contributed by atoms with van der Waals surface area (Å²) < 4.78 is 2.27. The van der Waals surface area contributed by atoms with Gasteiger partial charge in [-0.25, -0.2) is 0 Å². The first-order valence-electron chi connectivity index (χ1n) is 16.2. The van der Waals surface area contributed by atoms with Crippen LogP contribution in [0.5, 0.6) is 0 Å². The predicted molar refractivity (Wildman–Crippen MR) is 197 cm³/mol. The van der Waals surface area contributed by atoms with E-state index in [-0.39, 0.29) is 6.71 Å². The Morgan fingerprint density at radius 3 is 1.86 bits per heavy atom. The lowest BCUT2D eigenvalue weighted by Gasteiger charge is -2.19. The summed E-state index contributed by atoms with van der Waals surface area (Å²) in [5.41, 5.74) is 15.1. The fourth-order valence-electron chi connectivity index (χ4n) is 6.28. The largest absolute Gasteiger partial charge is 0.310 e. The number of rotatable bonds is 2. The van der Waals surface area contributed by atoms with Crippen LogP contribution in [0.2, 0.25) is 0 Å². The minimum absolute atomic E-state index is 0.157. The molecule has 0 saturated carbocycles. The molecule has 0 aliphatic carbocycles. The van der Waals surface area contributed by atoms with Crippen LogP contribution in [0.1, 0.15) is 83.2 Å². The smallest absolute Gasteiger partial charge is 0.245 e. The quantitative estimate of drug-likeness (QED) is 0.192. The van der Waals surface area contributed by atoms with Crippen LogP contribution < -0.4 is 27.0 Å². The average Bonchev–Trinajstić information content (AvgIpc) is 3.48. The molecule has 6 rings (SSSR count). The summed E-state index contributed by atoms with van der Waals surface area (Å²) in [5, 5.41) is 3.10. The number of fused-ring (bicyclic) bond motifs is 4. The Morgan fingerprint density at radius 1 is 0.651 bits per heavy atom. The van der Waals surface area contributed by atoms with Gasteiger partial charge in [0.2, 0.25) is 6.71 Å². The van der Waals surface area contributed by atoms with Crippen LogP contribution in [0.4, 0.5) is 0 Å². The van der Waals surface area contributed by atoms with Crippen LogP contribution >= 0.6 is 0 Å². The summed E-state index contributed by atoms with van der Waals surface area (Å²) in [6, 6.07) is 20.1. The average molecular weight is 573 g/mol. The van der Waals surface area contributed by atoms with Gasteiger partial charge in [-0.1, -0.05) is 126 Å². The van der Waals surface area contributed by atoms with E-state index < -0.39 is 0 Å². The van der Waals surface area contributed by atoms with Crippen molar-refractivity contribution in [1.82, 2.24) is 9.55 Å². The maximum absolute atomic E-state index is 4.87. The number of hydrogen-bond donors (Lipinski definition) is 0. The molecule has 0 bridgehead atoms. The monoisotopic (exact) mass is 572 g/mol. The molecule has 0 radical (unpaired) electrons. The Labute approximate surface area is 262 Å². The van der Waals surface area contributed by atoms with Crippen molar-refractivity contribution in [2.24, 2.45) is 0 Å². The summed E-state index contributed by atoms with van der Waals surface area (Å²) in [7, 11) is 0. The lowest BCUT2D eigenvalue weighted by atomic mass is 9.37. The lowest BCUT2D eigenvalue weighted by molar-refractivity contribution is 1.07. The number of aromatic nitrogens is 2. The van der Waals surface area contributed by atoms with Gasteiger partial charge in [0.15, 0.2) is 0 Å². The predicted octanol–water partition coefficient (Wildman–Crippen LogP) is 7.99. The molecule has 0 saturated heterocycles. The summed E-state index contributed by atoms with van der Waals surface area (Å²) in [6.07, 6.45) is 1.91. The molecule has 0 amide bonds. The summed E-state index contributed by atoms with van der Waals surface area (Å²) in [5.74, 6) is 0. The van der Waals surface area contributed by atoms with Crippen molar-refractivity contribution in [3.05, 3.63) is 99.2 Å². The Bertz CT molecular complexity index is 1770. The minimum Gasteiger partial charge on any atom is -0.310 e. The van der Waals surface area contributed by atoms with Crippen LogP contribution in [0.3, 0.4) is 0 Å². The molecule has 0 N–H and O–H groups in total. The van der Waals surface area contributed by atoms with Gasteiger partial charge in [-0.2, -0.15) is 0 Å². The van der Waals surface area contributed by atoms with Gasteiger partial charge in [-0.3, -0.25) is 4.98 Å². The maximum atomic E-state index is 4.87. The molecule has 3 aromatic carbocycles. The van der Waals surface area contributed by atoms with Gasteiger partial charge in [-0.05, 0) is 81.5 Å². The highest BCUT2D eigenvalue weighted by atomic mass is 15.0. The first-order chi connectivity index (χ1) is 20.8. The highest BCUT2D eigenvalue weighted by molar-refractivity contribution is 6.99. The van der Waals surface area contributed by atoms with E-state index in [9.17, 15) is 0 Å². The van der Waals surface area contributed by atoms with Crippen molar-refractivity contribution < 1.29 is 0 Å². The molecular formula is C40H53BN2. The molecule has 3 heterocycles. The zero-order chi connectivity index (χ0) is 32.6. The molecule has 226 valence electrons. The van der Waals surface area contributed by atoms with E-state index in [0.717, 1.165) is 27.5 Å². The molecule has 0 fully saturated rings. The zero-order valence-electron chi connectivity index (χ0n) is 29.2. The fraction of sp³-hybridized carbons (Fsp3) is 0.325. The minimum atomic E-state index is 0.157. The van der Waals surface area contributed by atoms with E-state index in [0.29, 0.717) is 0 Å². The second kappa shape index (κ2) is 15.6. The van der Waals surface area contributed by atoms with Crippen molar-refractivity contribution in [3.63, 3.8) is 0 Å². The number of benzene rings is 3. The van der Waals surface area contributed by atoms with Crippen LogP contribution in [0.25, 0.3) is 41.0 Å². The third-order valence-corrected chi connectivity index (χ3v) is 7.67. The van der Waals surface area contributed by atoms with Gasteiger partial charge in [0.1, 0.15) is 0 Å². The first-order valence-corrected chi connectivity index (χ1v) is 16.2. The topological polar surface area (TPSA) is 17.8 Å². The van der Waals surface area contributed by atoms with Gasteiger partial charge in [-0.15, -0.1) is 0 Å². The fourth-order valence-corrected chi connectivity index (χ4v) is 6.28. The molecule has 1 aliphatic heterocycles. The van der Waals surface area contributed by atoms with Gasteiger partial charge in [0.05, 0.1) is 11.2 Å². The SMILES string of the molecule is C=c1c(=C)n(-c2cc(C)c3c(c2)B(c2c(C)cc(C)cc2C)c2cccnc2-3)c2ccc(C)cc12.CC.CC.CC.CC. The normalized spacial score (nSPS) is 10.6. The van der Waals surface area contributed by atoms with E-state index in [1.165, 1.54) is 55.2 Å². The first kappa shape index (κ1) is 35.4. The third kappa shape index (κ3) is 6.42. The Balaban J connectivity index is 0.000000748. The van der Waals surface area contributed by atoms with E-state index in [1.807, 2.05) is 61.6 Å². The maximum Gasteiger partial charge on any atom is 0.245 e. The van der Waals surface area contributed by atoms with Crippen LogP contribution in [-0.2, 0) is 0 Å². The molecule has 0 unspecified atom stereocenters. The molecular weight excluding hydrogens is 519 g/mol. The molecule has 1 aliphatic rings. The van der Waals surface area contributed by atoms with Crippen LogP contribution in [-0.4, -0.2) is 16.3 Å². The molecule has 0 atom stereocenters. The van der Waals surface area contributed by atoms with Crippen molar-refractivity contribution in [1.29, 1.82) is 0 Å². The number of aryl methyl sites for hydroxylation is 5. The third-order valence-electron chi connectivity index (χ3n) is 7.67. The van der Waals surface area contributed by atoms with E-state index in [1.54, 1.807) is 0 Å². The zero-order valence-corrected chi connectivity index (χ0v) is 29.2. The van der Waals surface area contributed by atoms with Crippen molar-refractivity contribution in [2.45, 2.75) is 90.0 Å². The molecule has 43 heavy (non-hydrogen) atoms. The van der Waals surface area contributed by atoms with Crippen LogP contribution in [0.15, 0.2) is 60.8 Å². The standard InChI is InChI=1S/C32H29BN2.4C2H6/c1-18-10-11-29-26(15-18)23(6)24(7)35(29)25-16-20(3)30-28(17-25)33(27-9-8-12-34-32(27)30)31-21(4)13-19(2)14-22(31)5;4*1-2/h8-17H,6-7H2,1-5H3;4*1-2H3. The van der Waals surface area contributed by atoms with Gasteiger partial charge in [0, 0.05) is 27.8 Å². The molecule has 2 nitrogen and oxygen atoms in total. The summed E-state index contributed by atoms with van der Waals surface area (Å²) >= 11 is 0.